The van der Waals surface area contributed by atoms with Gasteiger partial charge in [-0.2, -0.15) is 10.5 Å². The maximum Gasteiger partial charge on any atom is 0.173 e. The van der Waals surface area contributed by atoms with E-state index in [-0.39, 0.29) is 0 Å². The number of aromatic nitrogens is 1. The van der Waals surface area contributed by atoms with Gasteiger partial charge >= 0.3 is 0 Å². The molecule has 5 nitrogen and oxygen atoms in total. The molecule has 1 rings (SSSR count). The molecular formula is C7H9N5. The fourth-order valence-electron chi connectivity index (χ4n) is 0.313. The monoisotopic (exact) mass is 163 g/mol. The zero-order valence-corrected chi connectivity index (χ0v) is 6.38. The van der Waals surface area contributed by atoms with Gasteiger partial charge in [0.15, 0.2) is 12.4 Å². The van der Waals surface area contributed by atoms with Crippen molar-refractivity contribution in [3.05, 3.63) is 30.6 Å². The molecule has 62 valence electrons. The molecule has 0 aliphatic carbocycles. The molecule has 4 N–H and O–H groups in total. The normalized spacial score (nSPS) is 5.17. The average Bonchev–Trinajstić information content (AvgIpc) is 2.10. The summed E-state index contributed by atoms with van der Waals surface area (Å²) < 4.78 is 0. The second kappa shape index (κ2) is 15.9. The van der Waals surface area contributed by atoms with E-state index in [4.69, 9.17) is 10.5 Å². The highest BCUT2D eigenvalue weighted by Gasteiger charge is 1.58. The third-order valence-corrected chi connectivity index (χ3v) is 0.566. The smallest absolute Gasteiger partial charge is 0.173 e. The number of rotatable bonds is 0. The minimum atomic E-state index is 1.25. The van der Waals surface area contributed by atoms with Crippen LogP contribution in [0.2, 0.25) is 0 Å². The molecule has 1 aromatic rings. The van der Waals surface area contributed by atoms with Crippen molar-refractivity contribution in [2.24, 2.45) is 11.5 Å². The molecule has 0 amide bonds. The van der Waals surface area contributed by atoms with Gasteiger partial charge in [-0.1, -0.05) is 6.07 Å². The van der Waals surface area contributed by atoms with Crippen molar-refractivity contribution in [1.82, 2.24) is 4.98 Å². The number of hydrogen-bond acceptors (Lipinski definition) is 5. The van der Waals surface area contributed by atoms with Crippen molar-refractivity contribution < 1.29 is 0 Å². The second-order valence-electron chi connectivity index (χ2n) is 1.28. The second-order valence-corrected chi connectivity index (χ2v) is 1.28. The van der Waals surface area contributed by atoms with Crippen LogP contribution < -0.4 is 11.5 Å². The first-order valence-corrected chi connectivity index (χ1v) is 2.87. The molecule has 5 heteroatoms. The summed E-state index contributed by atoms with van der Waals surface area (Å²) in [4.78, 5) is 3.78. The van der Waals surface area contributed by atoms with Gasteiger partial charge in [0.25, 0.3) is 0 Å². The third-order valence-electron chi connectivity index (χ3n) is 0.566. The number of nitrogens with zero attached hydrogens (tertiary/aromatic N) is 3. The fourth-order valence-corrected chi connectivity index (χ4v) is 0.313. The van der Waals surface area contributed by atoms with Gasteiger partial charge in [0.05, 0.1) is 0 Å². The summed E-state index contributed by atoms with van der Waals surface area (Å²) >= 11 is 0. The van der Waals surface area contributed by atoms with Crippen molar-refractivity contribution in [2.45, 2.75) is 0 Å². The lowest BCUT2D eigenvalue weighted by atomic mass is 10.5. The third kappa shape index (κ3) is 25.2. The van der Waals surface area contributed by atoms with Crippen LogP contribution in [0.4, 0.5) is 0 Å². The number of hydrogen-bond donors (Lipinski definition) is 2. The molecule has 1 aromatic heterocycles. The molecule has 12 heavy (non-hydrogen) atoms. The summed E-state index contributed by atoms with van der Waals surface area (Å²) in [6, 6.07) is 5.72. The van der Waals surface area contributed by atoms with Crippen LogP contribution in [0.5, 0.6) is 0 Å². The SMILES string of the molecule is N#CN.N#CN.c1ccncc1. The highest BCUT2D eigenvalue weighted by molar-refractivity contribution is 4.88. The standard InChI is InChI=1S/C5H5N.2CH2N2/c1-2-4-6-5-3-1;2*2-1-3/h1-5H;2*2H2. The van der Waals surface area contributed by atoms with Gasteiger partial charge in [-0.05, 0) is 12.1 Å². The minimum Gasteiger partial charge on any atom is -0.337 e. The Morgan fingerprint density at radius 3 is 1.33 bits per heavy atom. The van der Waals surface area contributed by atoms with Crippen LogP contribution in [-0.4, -0.2) is 4.98 Å². The van der Waals surface area contributed by atoms with E-state index in [1.165, 1.54) is 12.4 Å². The Hall–Kier alpha value is -2.27. The highest BCUT2D eigenvalue weighted by atomic mass is 14.6. The first-order valence-electron chi connectivity index (χ1n) is 2.87. The molecule has 0 unspecified atom stereocenters. The van der Waals surface area contributed by atoms with Crippen LogP contribution in [0.15, 0.2) is 30.6 Å². The Kier molecular flexibility index (Phi) is 16.4. The lowest BCUT2D eigenvalue weighted by Crippen LogP contribution is -1.69. The van der Waals surface area contributed by atoms with Crippen molar-refractivity contribution in [3.63, 3.8) is 0 Å². The fraction of sp³-hybridized carbons (Fsp3) is 0. The van der Waals surface area contributed by atoms with Gasteiger partial charge in [0, 0.05) is 12.4 Å². The first-order chi connectivity index (χ1) is 5.83. The maximum absolute atomic E-state index is 7.10. The molecule has 0 saturated heterocycles. The molecule has 1 heterocycles. The van der Waals surface area contributed by atoms with Crippen LogP contribution in [0.1, 0.15) is 0 Å². The lowest BCUT2D eigenvalue weighted by Gasteiger charge is -1.70. The van der Waals surface area contributed by atoms with Crippen LogP contribution >= 0.6 is 0 Å². The maximum atomic E-state index is 7.10. The van der Waals surface area contributed by atoms with Crippen LogP contribution in [0.3, 0.4) is 0 Å². The molecular weight excluding hydrogens is 154 g/mol. The molecule has 0 radical (unpaired) electrons. The lowest BCUT2D eigenvalue weighted by molar-refractivity contribution is 1.33. The van der Waals surface area contributed by atoms with E-state index >= 15 is 0 Å². The zero-order chi connectivity index (χ0) is 9.66. The predicted molar refractivity (Wildman–Crippen MR) is 43.8 cm³/mol. The molecule has 0 aromatic carbocycles. The molecule has 0 saturated carbocycles. The van der Waals surface area contributed by atoms with E-state index in [2.05, 4.69) is 16.5 Å². The molecule has 0 aliphatic heterocycles. The predicted octanol–water partition coefficient (Wildman–Crippen LogP) is -0.0660. The molecule has 0 spiro atoms. The van der Waals surface area contributed by atoms with Crippen molar-refractivity contribution >= 4 is 0 Å². The Morgan fingerprint density at radius 1 is 0.917 bits per heavy atom. The Bertz CT molecular complexity index is 194. The van der Waals surface area contributed by atoms with E-state index in [9.17, 15) is 0 Å². The van der Waals surface area contributed by atoms with Gasteiger partial charge < -0.3 is 11.5 Å². The van der Waals surface area contributed by atoms with Gasteiger partial charge in [0.2, 0.25) is 0 Å². The quantitative estimate of drug-likeness (QED) is 0.410. The largest absolute Gasteiger partial charge is 0.337 e. The number of pyridine rings is 1. The van der Waals surface area contributed by atoms with E-state index < -0.39 is 0 Å². The number of nitrogens with two attached hydrogens (primary N) is 2. The van der Waals surface area contributed by atoms with Crippen LogP contribution in [0, 0.1) is 22.9 Å². The zero-order valence-electron chi connectivity index (χ0n) is 6.38. The molecule has 0 fully saturated rings. The summed E-state index contributed by atoms with van der Waals surface area (Å²) in [6.45, 7) is 0. The van der Waals surface area contributed by atoms with Gasteiger partial charge in [0.1, 0.15) is 0 Å². The topological polar surface area (TPSA) is 113 Å². The van der Waals surface area contributed by atoms with Gasteiger partial charge in [-0.15, -0.1) is 0 Å². The highest BCUT2D eigenvalue weighted by Crippen LogP contribution is 1.73. The Balaban J connectivity index is 0. The Morgan fingerprint density at radius 2 is 1.25 bits per heavy atom. The number of nitriles is 2. The first kappa shape index (κ1) is 12.4. The van der Waals surface area contributed by atoms with Crippen molar-refractivity contribution in [2.75, 3.05) is 0 Å². The van der Waals surface area contributed by atoms with E-state index in [1.54, 1.807) is 12.4 Å². The van der Waals surface area contributed by atoms with Gasteiger partial charge in [-0.25, -0.2) is 0 Å². The summed E-state index contributed by atoms with van der Waals surface area (Å²) in [6.07, 6.45) is 6.00. The summed E-state index contributed by atoms with van der Waals surface area (Å²) in [7, 11) is 0. The van der Waals surface area contributed by atoms with Crippen LogP contribution in [0.25, 0.3) is 0 Å². The van der Waals surface area contributed by atoms with Crippen molar-refractivity contribution in [1.29, 1.82) is 10.5 Å². The molecule has 0 aliphatic rings. The van der Waals surface area contributed by atoms with E-state index in [0.717, 1.165) is 0 Å². The van der Waals surface area contributed by atoms with E-state index in [0.29, 0.717) is 0 Å². The van der Waals surface area contributed by atoms with Crippen LogP contribution in [-0.2, 0) is 0 Å². The Labute approximate surface area is 70.9 Å². The molecule has 0 atom stereocenters. The minimum absolute atomic E-state index is 1.25. The summed E-state index contributed by atoms with van der Waals surface area (Å²) in [5.74, 6) is 0. The summed E-state index contributed by atoms with van der Waals surface area (Å²) in [5.41, 5.74) is 8.31. The summed E-state index contributed by atoms with van der Waals surface area (Å²) in [5, 5.41) is 14.2. The van der Waals surface area contributed by atoms with E-state index in [1.807, 2.05) is 18.2 Å². The molecule has 0 bridgehead atoms. The van der Waals surface area contributed by atoms with Crippen molar-refractivity contribution in [3.8, 4) is 12.4 Å². The average molecular weight is 163 g/mol. The van der Waals surface area contributed by atoms with Gasteiger partial charge in [-0.3, -0.25) is 4.98 Å².